The van der Waals surface area contributed by atoms with Crippen molar-refractivity contribution in [3.8, 4) is 0 Å². The van der Waals surface area contributed by atoms with Gasteiger partial charge in [0, 0.05) is 17.9 Å². The fraction of sp³-hybridized carbons (Fsp3) is 0.400. The molecule has 0 saturated heterocycles. The summed E-state index contributed by atoms with van der Waals surface area (Å²) in [5.41, 5.74) is 6.89. The molecule has 1 unspecified atom stereocenters. The zero-order valence-corrected chi connectivity index (χ0v) is 11.1. The third kappa shape index (κ3) is 3.57. The minimum atomic E-state index is -0.337. The zero-order valence-electron chi connectivity index (χ0n) is 8.68. The summed E-state index contributed by atoms with van der Waals surface area (Å²) in [5.74, 6) is -0.337. The Labute approximate surface area is 102 Å². The van der Waals surface area contributed by atoms with Gasteiger partial charge in [0.05, 0.1) is 15.8 Å². The summed E-state index contributed by atoms with van der Waals surface area (Å²) in [5, 5.41) is 3.68. The van der Waals surface area contributed by atoms with Gasteiger partial charge in [-0.2, -0.15) is 11.8 Å². The van der Waals surface area contributed by atoms with E-state index in [-0.39, 0.29) is 5.82 Å². The second kappa shape index (κ2) is 5.61. The topological polar surface area (TPSA) is 38.0 Å². The molecule has 0 amide bonds. The number of nitrogens with two attached hydrogens (primary N) is 1. The van der Waals surface area contributed by atoms with Gasteiger partial charge in [-0.3, -0.25) is 0 Å². The van der Waals surface area contributed by atoms with Crippen molar-refractivity contribution in [1.29, 1.82) is 0 Å². The second-order valence-corrected chi connectivity index (χ2v) is 5.41. The third-order valence-corrected chi connectivity index (χ3v) is 3.65. The molecular weight excluding hydrogens is 279 g/mol. The number of nitrogens with one attached hydrogen (secondary N) is 1. The van der Waals surface area contributed by atoms with Crippen LogP contribution in [0.25, 0.3) is 0 Å². The Morgan fingerprint density at radius 2 is 2.27 bits per heavy atom. The summed E-state index contributed by atoms with van der Waals surface area (Å²) >= 11 is 4.90. The van der Waals surface area contributed by atoms with Crippen LogP contribution >= 0.6 is 27.7 Å². The number of nitrogen functional groups attached to an aromatic ring is 1. The number of benzene rings is 1. The lowest BCUT2D eigenvalue weighted by Gasteiger charge is -2.13. The molecule has 3 N–H and O–H groups in total. The highest BCUT2D eigenvalue weighted by molar-refractivity contribution is 9.10. The first-order valence-electron chi connectivity index (χ1n) is 4.55. The van der Waals surface area contributed by atoms with Crippen molar-refractivity contribution in [2.24, 2.45) is 0 Å². The molecule has 0 aliphatic heterocycles. The van der Waals surface area contributed by atoms with Gasteiger partial charge in [0.2, 0.25) is 0 Å². The highest BCUT2D eigenvalue weighted by Gasteiger charge is 2.06. The van der Waals surface area contributed by atoms with Crippen molar-refractivity contribution in [3.05, 3.63) is 22.4 Å². The summed E-state index contributed by atoms with van der Waals surface area (Å²) in [6, 6.07) is 2.98. The molecule has 1 atom stereocenters. The Kier molecular flexibility index (Phi) is 4.73. The smallest absolute Gasteiger partial charge is 0.139 e. The van der Waals surface area contributed by atoms with Crippen LogP contribution in [0.4, 0.5) is 15.8 Å². The molecule has 0 radical (unpaired) electrons. The van der Waals surface area contributed by atoms with Gasteiger partial charge in [-0.1, -0.05) is 6.92 Å². The lowest BCUT2D eigenvalue weighted by Crippen LogP contribution is -2.13. The summed E-state index contributed by atoms with van der Waals surface area (Å²) in [4.78, 5) is 0. The van der Waals surface area contributed by atoms with Gasteiger partial charge >= 0.3 is 0 Å². The molecular formula is C10H14BrFN2S. The number of anilines is 2. The maximum Gasteiger partial charge on any atom is 0.139 e. The van der Waals surface area contributed by atoms with Crippen molar-refractivity contribution < 1.29 is 4.39 Å². The predicted molar refractivity (Wildman–Crippen MR) is 70.0 cm³/mol. The molecule has 0 aromatic heterocycles. The van der Waals surface area contributed by atoms with Crippen LogP contribution in [0.3, 0.4) is 0 Å². The van der Waals surface area contributed by atoms with Crippen molar-refractivity contribution in [2.45, 2.75) is 12.2 Å². The van der Waals surface area contributed by atoms with Crippen LogP contribution in [-0.4, -0.2) is 18.1 Å². The quantitative estimate of drug-likeness (QED) is 0.836. The molecule has 0 saturated carbocycles. The Morgan fingerprint density at radius 1 is 1.60 bits per heavy atom. The van der Waals surface area contributed by atoms with Gasteiger partial charge in [0.15, 0.2) is 0 Å². The SMILES string of the molecule is CSC(C)CNc1cc(Br)c(F)cc1N. The molecule has 0 aliphatic rings. The van der Waals surface area contributed by atoms with Crippen LogP contribution in [0.1, 0.15) is 6.92 Å². The standard InChI is InChI=1S/C10H14BrFN2S/c1-6(15-2)5-14-10-3-7(11)8(12)4-9(10)13/h3-4,6,14H,5,13H2,1-2H3. The lowest BCUT2D eigenvalue weighted by molar-refractivity contribution is 0.622. The van der Waals surface area contributed by atoms with Gasteiger partial charge in [-0.05, 0) is 28.3 Å². The van der Waals surface area contributed by atoms with Crippen LogP contribution in [0.5, 0.6) is 0 Å². The Hall–Kier alpha value is -0.420. The third-order valence-electron chi connectivity index (χ3n) is 2.07. The Morgan fingerprint density at radius 3 is 2.87 bits per heavy atom. The van der Waals surface area contributed by atoms with Crippen molar-refractivity contribution in [1.82, 2.24) is 0 Å². The lowest BCUT2D eigenvalue weighted by atomic mass is 10.2. The van der Waals surface area contributed by atoms with Gasteiger partial charge in [-0.25, -0.2) is 4.39 Å². The van der Waals surface area contributed by atoms with Gasteiger partial charge in [0.1, 0.15) is 5.82 Å². The van der Waals surface area contributed by atoms with Crippen molar-refractivity contribution >= 4 is 39.1 Å². The van der Waals surface area contributed by atoms with Crippen molar-refractivity contribution in [2.75, 3.05) is 23.9 Å². The second-order valence-electron chi connectivity index (χ2n) is 3.28. The number of thioether (sulfide) groups is 1. The van der Waals surface area contributed by atoms with E-state index in [1.165, 1.54) is 6.07 Å². The summed E-state index contributed by atoms with van der Waals surface area (Å²) in [6.07, 6.45) is 2.05. The predicted octanol–water partition coefficient (Wildman–Crippen LogP) is 3.33. The summed E-state index contributed by atoms with van der Waals surface area (Å²) < 4.78 is 13.5. The normalized spacial score (nSPS) is 12.5. The molecule has 0 bridgehead atoms. The monoisotopic (exact) mass is 292 g/mol. The largest absolute Gasteiger partial charge is 0.397 e. The van der Waals surface area contributed by atoms with E-state index in [1.54, 1.807) is 17.8 Å². The minimum Gasteiger partial charge on any atom is -0.397 e. The molecule has 0 spiro atoms. The van der Waals surface area contributed by atoms with Gasteiger partial charge < -0.3 is 11.1 Å². The number of hydrogen-bond acceptors (Lipinski definition) is 3. The number of halogens is 2. The van der Waals surface area contributed by atoms with Crippen LogP contribution < -0.4 is 11.1 Å². The van der Waals surface area contributed by atoms with Gasteiger partial charge in [0.25, 0.3) is 0 Å². The molecule has 0 fully saturated rings. The van der Waals surface area contributed by atoms with Crippen LogP contribution in [-0.2, 0) is 0 Å². The maximum atomic E-state index is 13.1. The average molecular weight is 293 g/mol. The summed E-state index contributed by atoms with van der Waals surface area (Å²) in [6.45, 7) is 2.93. The van der Waals surface area contributed by atoms with Crippen molar-refractivity contribution in [3.63, 3.8) is 0 Å². The maximum absolute atomic E-state index is 13.1. The molecule has 0 aliphatic carbocycles. The first-order chi connectivity index (χ1) is 7.04. The molecule has 15 heavy (non-hydrogen) atoms. The van der Waals surface area contributed by atoms with E-state index in [0.717, 1.165) is 12.2 Å². The fourth-order valence-electron chi connectivity index (χ4n) is 1.05. The molecule has 0 heterocycles. The first kappa shape index (κ1) is 12.6. The van der Waals surface area contributed by atoms with Crippen LogP contribution in [0, 0.1) is 5.82 Å². The average Bonchev–Trinajstić information content (AvgIpc) is 2.21. The molecule has 1 aromatic rings. The summed E-state index contributed by atoms with van der Waals surface area (Å²) in [7, 11) is 0. The molecule has 5 heteroatoms. The number of hydrogen-bond donors (Lipinski definition) is 2. The van der Waals surface area contributed by atoms with Crippen LogP contribution in [0.2, 0.25) is 0 Å². The Bertz CT molecular complexity index is 346. The molecule has 1 aromatic carbocycles. The highest BCUT2D eigenvalue weighted by Crippen LogP contribution is 2.26. The van der Waals surface area contributed by atoms with E-state index in [2.05, 4.69) is 34.4 Å². The molecule has 84 valence electrons. The molecule has 2 nitrogen and oxygen atoms in total. The van der Waals surface area contributed by atoms with E-state index in [1.807, 2.05) is 0 Å². The zero-order chi connectivity index (χ0) is 11.4. The van der Waals surface area contributed by atoms with E-state index in [0.29, 0.717) is 15.4 Å². The van der Waals surface area contributed by atoms with E-state index in [4.69, 9.17) is 5.73 Å². The number of rotatable bonds is 4. The Balaban J connectivity index is 2.73. The van der Waals surface area contributed by atoms with E-state index >= 15 is 0 Å². The first-order valence-corrected chi connectivity index (χ1v) is 6.64. The fourth-order valence-corrected chi connectivity index (χ4v) is 1.65. The van der Waals surface area contributed by atoms with Crippen LogP contribution in [0.15, 0.2) is 16.6 Å². The van der Waals surface area contributed by atoms with Gasteiger partial charge in [-0.15, -0.1) is 0 Å². The molecule has 1 rings (SSSR count). The van der Waals surface area contributed by atoms with E-state index < -0.39 is 0 Å². The van der Waals surface area contributed by atoms with E-state index in [9.17, 15) is 4.39 Å². The highest BCUT2D eigenvalue weighted by atomic mass is 79.9. The minimum absolute atomic E-state index is 0.337.